The Hall–Kier alpha value is -2.77. The minimum absolute atomic E-state index is 0.0442. The van der Waals surface area contributed by atoms with Crippen LogP contribution in [0.15, 0.2) is 18.2 Å². The number of para-hydroxylation sites is 1. The van der Waals surface area contributed by atoms with Crippen molar-refractivity contribution in [3.05, 3.63) is 23.8 Å². The monoisotopic (exact) mass is 283 g/mol. The smallest absolute Gasteiger partial charge is 0.326 e. The van der Waals surface area contributed by atoms with Crippen molar-refractivity contribution in [3.63, 3.8) is 0 Å². The van der Waals surface area contributed by atoms with Crippen LogP contribution in [-0.2, 0) is 9.59 Å². The zero-order valence-corrected chi connectivity index (χ0v) is 10.5. The van der Waals surface area contributed by atoms with Crippen LogP contribution in [0.25, 0.3) is 0 Å². The molecule has 1 amide bonds. The Balaban J connectivity index is 2.95. The van der Waals surface area contributed by atoms with Crippen LogP contribution in [0.5, 0.6) is 11.5 Å². The number of carbonyl (C=O) groups is 3. The van der Waals surface area contributed by atoms with E-state index in [1.807, 2.05) is 5.32 Å². The van der Waals surface area contributed by atoms with Crippen molar-refractivity contribution in [1.82, 2.24) is 5.32 Å². The molecule has 0 aliphatic carbocycles. The maximum atomic E-state index is 11.8. The van der Waals surface area contributed by atoms with Crippen molar-refractivity contribution in [3.8, 4) is 11.5 Å². The Labute approximate surface area is 113 Å². The fourth-order valence-corrected chi connectivity index (χ4v) is 1.48. The highest BCUT2D eigenvalue weighted by Gasteiger charge is 2.25. The zero-order valence-electron chi connectivity index (χ0n) is 10.5. The van der Waals surface area contributed by atoms with Crippen molar-refractivity contribution in [2.75, 3.05) is 7.11 Å². The Kier molecular flexibility index (Phi) is 4.90. The molecule has 0 aliphatic heterocycles. The van der Waals surface area contributed by atoms with E-state index < -0.39 is 36.1 Å². The normalized spacial score (nSPS) is 11.4. The van der Waals surface area contributed by atoms with Gasteiger partial charge in [0.2, 0.25) is 0 Å². The molecule has 1 atom stereocenters. The van der Waals surface area contributed by atoms with Crippen molar-refractivity contribution in [2.24, 2.45) is 0 Å². The van der Waals surface area contributed by atoms with E-state index in [1.165, 1.54) is 25.3 Å². The number of ether oxygens (including phenoxy) is 1. The number of nitrogens with one attached hydrogen (secondary N) is 1. The number of hydrogen-bond acceptors (Lipinski definition) is 5. The lowest BCUT2D eigenvalue weighted by Gasteiger charge is -2.13. The number of methoxy groups -OCH3 is 1. The molecular formula is C12H13NO7. The number of rotatable bonds is 6. The second-order valence-corrected chi connectivity index (χ2v) is 3.82. The van der Waals surface area contributed by atoms with E-state index in [9.17, 15) is 19.5 Å². The van der Waals surface area contributed by atoms with Gasteiger partial charge >= 0.3 is 11.9 Å². The van der Waals surface area contributed by atoms with E-state index >= 15 is 0 Å². The Bertz CT molecular complexity index is 541. The summed E-state index contributed by atoms with van der Waals surface area (Å²) in [6.07, 6.45) is -0.772. The van der Waals surface area contributed by atoms with Gasteiger partial charge in [0, 0.05) is 0 Å². The van der Waals surface area contributed by atoms with Crippen molar-refractivity contribution in [2.45, 2.75) is 12.5 Å². The molecule has 0 radical (unpaired) electrons. The third-order valence-corrected chi connectivity index (χ3v) is 2.45. The van der Waals surface area contributed by atoms with Crippen LogP contribution in [0.3, 0.4) is 0 Å². The summed E-state index contributed by atoms with van der Waals surface area (Å²) in [6.45, 7) is 0. The molecule has 0 unspecified atom stereocenters. The summed E-state index contributed by atoms with van der Waals surface area (Å²) in [5, 5.41) is 29.2. The Morgan fingerprint density at radius 2 is 1.95 bits per heavy atom. The fraction of sp³-hybridized carbons (Fsp3) is 0.250. The molecule has 1 rings (SSSR count). The number of amides is 1. The third-order valence-electron chi connectivity index (χ3n) is 2.45. The van der Waals surface area contributed by atoms with Crippen LogP contribution < -0.4 is 10.1 Å². The number of aromatic hydroxyl groups is 1. The fourth-order valence-electron chi connectivity index (χ4n) is 1.48. The van der Waals surface area contributed by atoms with Crippen LogP contribution in [0.1, 0.15) is 16.8 Å². The summed E-state index contributed by atoms with van der Waals surface area (Å²) in [6, 6.07) is 2.51. The Morgan fingerprint density at radius 1 is 1.30 bits per heavy atom. The second-order valence-electron chi connectivity index (χ2n) is 3.82. The van der Waals surface area contributed by atoms with E-state index in [0.717, 1.165) is 0 Å². The van der Waals surface area contributed by atoms with Gasteiger partial charge < -0.3 is 25.4 Å². The minimum atomic E-state index is -1.59. The number of phenolic OH excluding ortho intramolecular Hbond substituents is 1. The highest BCUT2D eigenvalue weighted by atomic mass is 16.5. The predicted molar refractivity (Wildman–Crippen MR) is 65.8 cm³/mol. The first-order chi connectivity index (χ1) is 9.36. The van der Waals surface area contributed by atoms with Gasteiger partial charge in [-0.05, 0) is 12.1 Å². The number of aliphatic carboxylic acids is 2. The lowest BCUT2D eigenvalue weighted by atomic mass is 10.1. The molecular weight excluding hydrogens is 270 g/mol. The van der Waals surface area contributed by atoms with E-state index in [-0.39, 0.29) is 11.3 Å². The lowest BCUT2D eigenvalue weighted by Crippen LogP contribution is -2.42. The van der Waals surface area contributed by atoms with Crippen LogP contribution in [-0.4, -0.2) is 46.3 Å². The molecule has 20 heavy (non-hydrogen) atoms. The molecule has 1 aromatic carbocycles. The van der Waals surface area contributed by atoms with E-state index in [2.05, 4.69) is 0 Å². The molecule has 8 nitrogen and oxygen atoms in total. The maximum Gasteiger partial charge on any atom is 0.326 e. The molecule has 8 heteroatoms. The van der Waals surface area contributed by atoms with Gasteiger partial charge in [0.25, 0.3) is 5.91 Å². The lowest BCUT2D eigenvalue weighted by molar-refractivity contribution is -0.145. The second kappa shape index (κ2) is 6.41. The van der Waals surface area contributed by atoms with Crippen molar-refractivity contribution >= 4 is 17.8 Å². The molecule has 0 spiro atoms. The molecule has 0 aliphatic rings. The standard InChI is InChI=1S/C12H13NO7/c1-20-8-4-2-3-6(10(8)16)11(17)13-7(12(18)19)5-9(14)15/h2-4,7,16H,5H2,1H3,(H,13,17)(H,14,15)(H,18,19)/t7-/m1/s1. The van der Waals surface area contributed by atoms with Crippen LogP contribution in [0, 0.1) is 0 Å². The number of benzene rings is 1. The summed E-state index contributed by atoms with van der Waals surface area (Å²) in [7, 11) is 1.29. The van der Waals surface area contributed by atoms with E-state index in [4.69, 9.17) is 14.9 Å². The summed E-state index contributed by atoms with van der Waals surface area (Å²) in [4.78, 5) is 33.2. The highest BCUT2D eigenvalue weighted by molar-refractivity contribution is 6.00. The third kappa shape index (κ3) is 3.61. The molecule has 0 saturated heterocycles. The molecule has 1 aromatic rings. The minimum Gasteiger partial charge on any atom is -0.504 e. The molecule has 0 heterocycles. The predicted octanol–water partition coefficient (Wildman–Crippen LogP) is 0.0585. The first-order valence-corrected chi connectivity index (χ1v) is 5.48. The molecule has 0 bridgehead atoms. The Morgan fingerprint density at radius 3 is 2.45 bits per heavy atom. The summed E-state index contributed by atoms with van der Waals surface area (Å²) in [5.74, 6) is -4.17. The number of phenols is 1. The summed E-state index contributed by atoms with van der Waals surface area (Å²) in [5.41, 5.74) is -0.207. The number of hydrogen-bond donors (Lipinski definition) is 4. The van der Waals surface area contributed by atoms with Gasteiger partial charge in [-0.25, -0.2) is 4.79 Å². The molecule has 108 valence electrons. The average molecular weight is 283 g/mol. The molecule has 0 aromatic heterocycles. The number of carbonyl (C=O) groups excluding carboxylic acids is 1. The highest BCUT2D eigenvalue weighted by Crippen LogP contribution is 2.29. The first-order valence-electron chi connectivity index (χ1n) is 5.48. The van der Waals surface area contributed by atoms with E-state index in [1.54, 1.807) is 0 Å². The SMILES string of the molecule is COc1cccc(C(=O)N[C@H](CC(=O)O)C(=O)O)c1O. The van der Waals surface area contributed by atoms with Gasteiger partial charge in [-0.15, -0.1) is 0 Å². The van der Waals surface area contributed by atoms with Gasteiger partial charge in [0.1, 0.15) is 6.04 Å². The summed E-state index contributed by atoms with van der Waals surface area (Å²) < 4.78 is 4.81. The van der Waals surface area contributed by atoms with Crippen molar-refractivity contribution in [1.29, 1.82) is 0 Å². The van der Waals surface area contributed by atoms with Gasteiger partial charge in [0.15, 0.2) is 11.5 Å². The maximum absolute atomic E-state index is 11.8. The molecule has 4 N–H and O–H groups in total. The average Bonchev–Trinajstić information content (AvgIpc) is 2.37. The topological polar surface area (TPSA) is 133 Å². The van der Waals surface area contributed by atoms with Crippen LogP contribution >= 0.6 is 0 Å². The molecule has 0 fully saturated rings. The number of carboxylic acid groups (broad SMARTS) is 2. The first kappa shape index (κ1) is 15.3. The quantitative estimate of drug-likeness (QED) is 0.580. The number of carboxylic acids is 2. The molecule has 0 saturated carbocycles. The van der Waals surface area contributed by atoms with Gasteiger partial charge in [-0.2, -0.15) is 0 Å². The van der Waals surface area contributed by atoms with Gasteiger partial charge in [-0.3, -0.25) is 9.59 Å². The zero-order chi connectivity index (χ0) is 15.3. The van der Waals surface area contributed by atoms with Gasteiger partial charge in [0.05, 0.1) is 19.1 Å². The van der Waals surface area contributed by atoms with Gasteiger partial charge in [-0.1, -0.05) is 6.07 Å². The van der Waals surface area contributed by atoms with Crippen LogP contribution in [0.2, 0.25) is 0 Å². The summed E-state index contributed by atoms with van der Waals surface area (Å²) >= 11 is 0. The largest absolute Gasteiger partial charge is 0.504 e. The van der Waals surface area contributed by atoms with E-state index in [0.29, 0.717) is 0 Å². The van der Waals surface area contributed by atoms with Crippen molar-refractivity contribution < 1.29 is 34.4 Å². The van der Waals surface area contributed by atoms with Crippen LogP contribution in [0.4, 0.5) is 0 Å².